The second-order valence-electron chi connectivity index (χ2n) is 5.22. The highest BCUT2D eigenvalue weighted by molar-refractivity contribution is 5.95. The maximum Gasteiger partial charge on any atom is 0.262 e. The van der Waals surface area contributed by atoms with Crippen LogP contribution in [-0.2, 0) is 11.3 Å². The number of ether oxygens (including phenoxy) is 1. The van der Waals surface area contributed by atoms with Crippen LogP contribution < -0.4 is 15.4 Å². The van der Waals surface area contributed by atoms with Crippen LogP contribution in [-0.4, -0.2) is 18.4 Å². The fourth-order valence-electron chi connectivity index (χ4n) is 2.22. The Morgan fingerprint density at radius 1 is 1.23 bits per heavy atom. The molecule has 5 nitrogen and oxygen atoms in total. The minimum absolute atomic E-state index is 0.0200. The number of benzene rings is 2. The van der Waals surface area contributed by atoms with Crippen LogP contribution in [0.5, 0.6) is 5.75 Å². The lowest BCUT2D eigenvalue weighted by molar-refractivity contribution is -0.118. The van der Waals surface area contributed by atoms with Crippen molar-refractivity contribution in [1.29, 1.82) is 0 Å². The second kappa shape index (κ2) is 5.89. The molecule has 0 bridgehead atoms. The SMILES string of the molecule is Cc1ccc(C(=O)NCc2ccc3c(c2)OCC(=O)N3)cc1. The number of aryl methyl sites for hydroxylation is 1. The van der Waals surface area contributed by atoms with Crippen molar-refractivity contribution in [3.63, 3.8) is 0 Å². The molecule has 2 N–H and O–H groups in total. The molecule has 2 aromatic rings. The molecule has 0 aliphatic carbocycles. The van der Waals surface area contributed by atoms with Gasteiger partial charge in [0, 0.05) is 12.1 Å². The van der Waals surface area contributed by atoms with Gasteiger partial charge in [0.25, 0.3) is 11.8 Å². The van der Waals surface area contributed by atoms with E-state index in [4.69, 9.17) is 4.74 Å². The summed E-state index contributed by atoms with van der Waals surface area (Å²) in [7, 11) is 0. The van der Waals surface area contributed by atoms with Crippen LogP contribution in [0, 0.1) is 6.92 Å². The van der Waals surface area contributed by atoms with E-state index in [0.29, 0.717) is 23.5 Å². The molecule has 112 valence electrons. The molecule has 1 aliphatic rings. The predicted octanol–water partition coefficient (Wildman–Crippen LogP) is 2.26. The summed E-state index contributed by atoms with van der Waals surface area (Å²) >= 11 is 0. The Labute approximate surface area is 128 Å². The summed E-state index contributed by atoms with van der Waals surface area (Å²) in [6, 6.07) is 12.9. The predicted molar refractivity (Wildman–Crippen MR) is 82.9 cm³/mol. The van der Waals surface area contributed by atoms with Crippen LogP contribution in [0.3, 0.4) is 0 Å². The molecule has 1 aliphatic heterocycles. The monoisotopic (exact) mass is 296 g/mol. The molecule has 22 heavy (non-hydrogen) atoms. The van der Waals surface area contributed by atoms with Gasteiger partial charge in [-0.1, -0.05) is 23.8 Å². The van der Waals surface area contributed by atoms with Crippen LogP contribution in [0.4, 0.5) is 5.69 Å². The number of amides is 2. The highest BCUT2D eigenvalue weighted by Gasteiger charge is 2.16. The number of hydrogen-bond acceptors (Lipinski definition) is 3. The first-order valence-electron chi connectivity index (χ1n) is 7.02. The summed E-state index contributed by atoms with van der Waals surface area (Å²) in [5, 5.41) is 5.60. The molecule has 2 amide bonds. The van der Waals surface area contributed by atoms with Crippen molar-refractivity contribution in [3.05, 3.63) is 59.2 Å². The van der Waals surface area contributed by atoms with Gasteiger partial charge in [0.2, 0.25) is 0 Å². The Kier molecular flexibility index (Phi) is 3.78. The van der Waals surface area contributed by atoms with Crippen molar-refractivity contribution in [1.82, 2.24) is 5.32 Å². The standard InChI is InChI=1S/C17H16N2O3/c1-11-2-5-13(6-3-11)17(21)18-9-12-4-7-14-15(8-12)22-10-16(20)19-14/h2-8H,9-10H2,1H3,(H,18,21)(H,19,20). The van der Waals surface area contributed by atoms with E-state index in [0.717, 1.165) is 11.1 Å². The molecule has 0 aromatic heterocycles. The van der Waals surface area contributed by atoms with E-state index in [9.17, 15) is 9.59 Å². The zero-order chi connectivity index (χ0) is 15.5. The minimum atomic E-state index is -0.159. The first kappa shape index (κ1) is 14.1. The summed E-state index contributed by atoms with van der Waals surface area (Å²) in [5.41, 5.74) is 3.32. The van der Waals surface area contributed by atoms with Gasteiger partial charge < -0.3 is 15.4 Å². The van der Waals surface area contributed by atoms with E-state index >= 15 is 0 Å². The van der Waals surface area contributed by atoms with Gasteiger partial charge in [-0.3, -0.25) is 9.59 Å². The van der Waals surface area contributed by atoms with Crippen molar-refractivity contribution in [3.8, 4) is 5.75 Å². The smallest absolute Gasteiger partial charge is 0.262 e. The average Bonchev–Trinajstić information content (AvgIpc) is 2.53. The number of hydrogen-bond donors (Lipinski definition) is 2. The Morgan fingerprint density at radius 3 is 2.77 bits per heavy atom. The third-order valence-corrected chi connectivity index (χ3v) is 3.45. The molecule has 0 unspecified atom stereocenters. The molecular formula is C17H16N2O3. The summed E-state index contributed by atoms with van der Waals surface area (Å²) in [4.78, 5) is 23.3. The lowest BCUT2D eigenvalue weighted by Crippen LogP contribution is -2.26. The first-order valence-corrected chi connectivity index (χ1v) is 7.02. The summed E-state index contributed by atoms with van der Waals surface area (Å²) in [6.07, 6.45) is 0. The van der Waals surface area contributed by atoms with Crippen LogP contribution in [0.2, 0.25) is 0 Å². The number of carbonyl (C=O) groups excluding carboxylic acids is 2. The first-order chi connectivity index (χ1) is 10.6. The van der Waals surface area contributed by atoms with E-state index in [-0.39, 0.29) is 18.4 Å². The molecule has 0 spiro atoms. The maximum atomic E-state index is 12.1. The lowest BCUT2D eigenvalue weighted by atomic mass is 10.1. The number of fused-ring (bicyclic) bond motifs is 1. The van der Waals surface area contributed by atoms with Crippen LogP contribution in [0.1, 0.15) is 21.5 Å². The molecule has 0 saturated heterocycles. The third-order valence-electron chi connectivity index (χ3n) is 3.45. The van der Waals surface area contributed by atoms with Gasteiger partial charge in [-0.15, -0.1) is 0 Å². The van der Waals surface area contributed by atoms with Gasteiger partial charge in [0.05, 0.1) is 5.69 Å². The minimum Gasteiger partial charge on any atom is -0.482 e. The highest BCUT2D eigenvalue weighted by Crippen LogP contribution is 2.28. The average molecular weight is 296 g/mol. The van der Waals surface area contributed by atoms with E-state index in [1.54, 1.807) is 18.2 Å². The molecule has 0 atom stereocenters. The summed E-state index contributed by atoms with van der Waals surface area (Å²) in [6.45, 7) is 2.40. The van der Waals surface area contributed by atoms with E-state index in [1.165, 1.54) is 0 Å². The number of carbonyl (C=O) groups is 2. The van der Waals surface area contributed by atoms with Gasteiger partial charge in [-0.25, -0.2) is 0 Å². The fourth-order valence-corrected chi connectivity index (χ4v) is 2.22. The maximum absolute atomic E-state index is 12.1. The normalized spacial score (nSPS) is 12.9. The molecule has 0 saturated carbocycles. The lowest BCUT2D eigenvalue weighted by Gasteiger charge is -2.18. The molecule has 0 fully saturated rings. The zero-order valence-corrected chi connectivity index (χ0v) is 12.2. The Morgan fingerprint density at radius 2 is 2.00 bits per heavy atom. The van der Waals surface area contributed by atoms with Gasteiger partial charge in [-0.2, -0.15) is 0 Å². The topological polar surface area (TPSA) is 67.4 Å². The van der Waals surface area contributed by atoms with Gasteiger partial charge in [-0.05, 0) is 36.8 Å². The molecule has 2 aromatic carbocycles. The Balaban J connectivity index is 1.65. The largest absolute Gasteiger partial charge is 0.482 e. The van der Waals surface area contributed by atoms with Crippen molar-refractivity contribution < 1.29 is 14.3 Å². The van der Waals surface area contributed by atoms with Crippen LogP contribution >= 0.6 is 0 Å². The summed E-state index contributed by atoms with van der Waals surface area (Å²) in [5.74, 6) is 0.349. The van der Waals surface area contributed by atoms with Crippen LogP contribution in [0.25, 0.3) is 0 Å². The number of rotatable bonds is 3. The number of anilines is 1. The molecule has 0 radical (unpaired) electrons. The van der Waals surface area contributed by atoms with Gasteiger partial charge in [0.1, 0.15) is 5.75 Å². The molecule has 1 heterocycles. The summed E-state index contributed by atoms with van der Waals surface area (Å²) < 4.78 is 5.36. The van der Waals surface area contributed by atoms with Crippen LogP contribution in [0.15, 0.2) is 42.5 Å². The third kappa shape index (κ3) is 3.09. The Hall–Kier alpha value is -2.82. The molecule has 3 rings (SSSR count). The van der Waals surface area contributed by atoms with E-state index in [1.807, 2.05) is 31.2 Å². The zero-order valence-electron chi connectivity index (χ0n) is 12.2. The highest BCUT2D eigenvalue weighted by atomic mass is 16.5. The molecule has 5 heteroatoms. The van der Waals surface area contributed by atoms with Crippen molar-refractivity contribution >= 4 is 17.5 Å². The van der Waals surface area contributed by atoms with Crippen molar-refractivity contribution in [2.24, 2.45) is 0 Å². The quantitative estimate of drug-likeness (QED) is 0.913. The van der Waals surface area contributed by atoms with Crippen molar-refractivity contribution in [2.75, 3.05) is 11.9 Å². The Bertz CT molecular complexity index is 723. The molecular weight excluding hydrogens is 280 g/mol. The van der Waals surface area contributed by atoms with E-state index in [2.05, 4.69) is 10.6 Å². The van der Waals surface area contributed by atoms with Gasteiger partial charge in [0.15, 0.2) is 6.61 Å². The van der Waals surface area contributed by atoms with Gasteiger partial charge >= 0.3 is 0 Å². The second-order valence-corrected chi connectivity index (χ2v) is 5.22. The number of nitrogens with one attached hydrogen (secondary N) is 2. The fraction of sp³-hybridized carbons (Fsp3) is 0.176. The van der Waals surface area contributed by atoms with Crippen molar-refractivity contribution in [2.45, 2.75) is 13.5 Å². The van der Waals surface area contributed by atoms with E-state index < -0.39 is 0 Å².